The third-order valence-corrected chi connectivity index (χ3v) is 4.48. The van der Waals surface area contributed by atoms with Gasteiger partial charge in [0.15, 0.2) is 23.3 Å². The van der Waals surface area contributed by atoms with Crippen molar-refractivity contribution in [3.05, 3.63) is 45.7 Å². The summed E-state index contributed by atoms with van der Waals surface area (Å²) in [6.45, 7) is 1.99. The van der Waals surface area contributed by atoms with Gasteiger partial charge in [-0.1, -0.05) is 18.5 Å². The Balaban J connectivity index is 2.23. The van der Waals surface area contributed by atoms with Crippen molar-refractivity contribution in [1.29, 1.82) is 0 Å². The second kappa shape index (κ2) is 5.27. The number of hydrogen-bond acceptors (Lipinski definition) is 3. The lowest BCUT2D eigenvalue weighted by molar-refractivity contribution is 0.448. The highest BCUT2D eigenvalue weighted by molar-refractivity contribution is 7.18. The molecule has 0 aliphatic heterocycles. The number of aromatic nitrogens is 2. The van der Waals surface area contributed by atoms with E-state index in [-0.39, 0.29) is 16.5 Å². The van der Waals surface area contributed by atoms with Crippen molar-refractivity contribution in [1.82, 2.24) is 9.97 Å². The van der Waals surface area contributed by atoms with Gasteiger partial charge >= 0.3 is 0 Å². The minimum Gasteiger partial charge on any atom is -0.217 e. The van der Waals surface area contributed by atoms with Crippen molar-refractivity contribution >= 4 is 33.2 Å². The summed E-state index contributed by atoms with van der Waals surface area (Å²) in [6.07, 6.45) is 0.812. The maximum absolute atomic E-state index is 13.8. The average Bonchev–Trinajstić information content (AvgIpc) is 2.88. The molecule has 0 saturated heterocycles. The minimum absolute atomic E-state index is 0.0617. The first kappa shape index (κ1) is 14.3. The summed E-state index contributed by atoms with van der Waals surface area (Å²) in [5, 5.41) is 0.834. The number of nitrogens with zero attached hydrogens (tertiary/aromatic N) is 2. The van der Waals surface area contributed by atoms with E-state index in [0.29, 0.717) is 10.2 Å². The summed E-state index contributed by atoms with van der Waals surface area (Å²) in [6, 6.07) is 3.80. The Morgan fingerprint density at radius 3 is 2.62 bits per heavy atom. The maximum Gasteiger partial charge on any atom is 0.195 e. The van der Waals surface area contributed by atoms with Crippen LogP contribution in [0.3, 0.4) is 0 Å². The molecule has 2 nitrogen and oxygen atoms in total. The van der Waals surface area contributed by atoms with Crippen LogP contribution in [0.15, 0.2) is 18.2 Å². The first-order valence-corrected chi connectivity index (χ1v) is 7.30. The van der Waals surface area contributed by atoms with E-state index in [0.717, 1.165) is 23.4 Å². The van der Waals surface area contributed by atoms with Crippen LogP contribution < -0.4 is 0 Å². The first-order chi connectivity index (χ1) is 10.0. The third-order valence-electron chi connectivity index (χ3n) is 3.02. The van der Waals surface area contributed by atoms with Crippen LogP contribution in [0, 0.1) is 17.5 Å². The molecule has 2 heterocycles. The zero-order valence-corrected chi connectivity index (χ0v) is 12.3. The topological polar surface area (TPSA) is 25.8 Å². The van der Waals surface area contributed by atoms with Crippen molar-refractivity contribution in [2.75, 3.05) is 0 Å². The number of thiophene rings is 1. The van der Waals surface area contributed by atoms with Gasteiger partial charge in [-0.25, -0.2) is 23.1 Å². The summed E-state index contributed by atoms with van der Waals surface area (Å²) in [5.74, 6) is -4.19. The van der Waals surface area contributed by atoms with Crippen molar-refractivity contribution in [3.63, 3.8) is 0 Å². The lowest BCUT2D eigenvalue weighted by atomic mass is 10.2. The van der Waals surface area contributed by atoms with Crippen molar-refractivity contribution < 1.29 is 13.2 Å². The van der Waals surface area contributed by atoms with Crippen molar-refractivity contribution in [2.45, 2.75) is 13.3 Å². The Morgan fingerprint density at radius 2 is 1.90 bits per heavy atom. The highest BCUT2D eigenvalue weighted by atomic mass is 35.5. The molecule has 7 heteroatoms. The van der Waals surface area contributed by atoms with E-state index in [4.69, 9.17) is 11.6 Å². The van der Waals surface area contributed by atoms with E-state index in [9.17, 15) is 13.2 Å². The number of fused-ring (bicyclic) bond motifs is 1. The van der Waals surface area contributed by atoms with E-state index in [1.807, 2.05) is 13.0 Å². The quantitative estimate of drug-likeness (QED) is 0.489. The van der Waals surface area contributed by atoms with Gasteiger partial charge in [0.2, 0.25) is 0 Å². The molecule has 0 N–H and O–H groups in total. The number of benzene rings is 1. The fourth-order valence-corrected chi connectivity index (χ4v) is 3.18. The van der Waals surface area contributed by atoms with Crippen LogP contribution in [0.25, 0.3) is 21.6 Å². The van der Waals surface area contributed by atoms with Crippen LogP contribution in [-0.2, 0) is 6.42 Å². The number of aryl methyl sites for hydroxylation is 1. The Bertz CT molecular complexity index is 848. The summed E-state index contributed by atoms with van der Waals surface area (Å²) in [5.41, 5.74) is -0.218. The highest BCUT2D eigenvalue weighted by Crippen LogP contribution is 2.32. The van der Waals surface area contributed by atoms with Gasteiger partial charge in [0.25, 0.3) is 0 Å². The molecule has 0 aliphatic carbocycles. The van der Waals surface area contributed by atoms with E-state index in [1.165, 1.54) is 11.3 Å². The monoisotopic (exact) mass is 328 g/mol. The van der Waals surface area contributed by atoms with Crippen LogP contribution in [0.2, 0.25) is 5.15 Å². The summed E-state index contributed by atoms with van der Waals surface area (Å²) >= 11 is 7.48. The van der Waals surface area contributed by atoms with Gasteiger partial charge in [-0.05, 0) is 24.6 Å². The summed E-state index contributed by atoms with van der Waals surface area (Å²) in [4.78, 5) is 9.83. The lowest BCUT2D eigenvalue weighted by Gasteiger charge is -2.04. The molecule has 0 bridgehead atoms. The molecule has 0 spiro atoms. The SMILES string of the molecule is CCc1cc2c(Cl)nc(-c3ccc(F)c(F)c3F)nc2s1. The molecular formula is C14H8ClF3N2S. The zero-order chi connectivity index (χ0) is 15.1. The van der Waals surface area contributed by atoms with Crippen molar-refractivity contribution in [2.24, 2.45) is 0 Å². The minimum atomic E-state index is -1.55. The molecule has 1 aromatic carbocycles. The molecule has 0 fully saturated rings. The van der Waals surface area contributed by atoms with Gasteiger partial charge < -0.3 is 0 Å². The van der Waals surface area contributed by atoms with Crippen LogP contribution in [0.5, 0.6) is 0 Å². The fourth-order valence-electron chi connectivity index (χ4n) is 1.93. The molecule has 2 aromatic heterocycles. The molecule has 0 saturated carbocycles. The predicted octanol–water partition coefficient (Wildman–Crippen LogP) is 4.99. The third kappa shape index (κ3) is 2.38. The van der Waals surface area contributed by atoms with E-state index < -0.39 is 17.5 Å². The molecule has 0 amide bonds. The number of hydrogen-bond donors (Lipinski definition) is 0. The van der Waals surface area contributed by atoms with E-state index in [2.05, 4.69) is 9.97 Å². The van der Waals surface area contributed by atoms with Gasteiger partial charge in [0.05, 0.1) is 5.56 Å². The van der Waals surface area contributed by atoms with Gasteiger partial charge in [0.1, 0.15) is 9.98 Å². The second-order valence-electron chi connectivity index (χ2n) is 4.35. The second-order valence-corrected chi connectivity index (χ2v) is 5.82. The molecule has 21 heavy (non-hydrogen) atoms. The zero-order valence-electron chi connectivity index (χ0n) is 10.8. The van der Waals surface area contributed by atoms with E-state index in [1.54, 1.807) is 0 Å². The summed E-state index contributed by atoms with van der Waals surface area (Å²) in [7, 11) is 0. The van der Waals surface area contributed by atoms with E-state index >= 15 is 0 Å². The lowest BCUT2D eigenvalue weighted by Crippen LogP contribution is -1.97. The Labute approximate surface area is 127 Å². The van der Waals surface area contributed by atoms with Crippen molar-refractivity contribution in [3.8, 4) is 11.4 Å². The normalized spacial score (nSPS) is 11.3. The molecule has 3 rings (SSSR count). The van der Waals surface area contributed by atoms with Crippen LogP contribution >= 0.6 is 22.9 Å². The smallest absolute Gasteiger partial charge is 0.195 e. The number of rotatable bonds is 2. The van der Waals surface area contributed by atoms with Gasteiger partial charge in [-0.15, -0.1) is 11.3 Å². The van der Waals surface area contributed by atoms with Gasteiger partial charge in [0, 0.05) is 10.3 Å². The maximum atomic E-state index is 13.8. The van der Waals surface area contributed by atoms with Crippen LogP contribution in [0.4, 0.5) is 13.2 Å². The summed E-state index contributed by atoms with van der Waals surface area (Å²) < 4.78 is 40.1. The van der Waals surface area contributed by atoms with Crippen LogP contribution in [0.1, 0.15) is 11.8 Å². The molecule has 0 radical (unpaired) electrons. The Hall–Kier alpha value is -1.66. The average molecular weight is 329 g/mol. The van der Waals surface area contributed by atoms with Gasteiger partial charge in [-0.3, -0.25) is 0 Å². The largest absolute Gasteiger partial charge is 0.217 e. The Kier molecular flexibility index (Phi) is 3.59. The van der Waals surface area contributed by atoms with Crippen LogP contribution in [-0.4, -0.2) is 9.97 Å². The molecule has 0 unspecified atom stereocenters. The standard InChI is InChI=1S/C14H8ClF3N2S/c1-2-6-5-8-12(15)19-13(20-14(8)21-6)7-3-4-9(16)11(18)10(7)17/h3-5H,2H2,1H3. The molecule has 108 valence electrons. The first-order valence-electron chi connectivity index (χ1n) is 6.11. The molecule has 0 aliphatic rings. The number of halogens is 4. The van der Waals surface area contributed by atoms with Gasteiger partial charge in [-0.2, -0.15) is 0 Å². The predicted molar refractivity (Wildman–Crippen MR) is 77.1 cm³/mol. The fraction of sp³-hybridized carbons (Fsp3) is 0.143. The highest BCUT2D eigenvalue weighted by Gasteiger charge is 2.18. The molecule has 3 aromatic rings. The Morgan fingerprint density at radius 1 is 1.14 bits per heavy atom. The molecular weight excluding hydrogens is 321 g/mol. The molecule has 0 atom stereocenters.